The average molecular weight is 299 g/mol. The van der Waals surface area contributed by atoms with Gasteiger partial charge in [-0.25, -0.2) is 8.78 Å². The number of aliphatic hydroxyl groups is 1. The van der Waals surface area contributed by atoms with Crippen LogP contribution in [-0.4, -0.2) is 10.1 Å². The minimum atomic E-state index is -2.51. The summed E-state index contributed by atoms with van der Waals surface area (Å²) < 4.78 is 25.4. The van der Waals surface area contributed by atoms with Gasteiger partial charge in [-0.1, -0.05) is 0 Å². The minimum Gasteiger partial charge on any atom is -0.390 e. The lowest BCUT2D eigenvalue weighted by Crippen LogP contribution is -2.02. The van der Waals surface area contributed by atoms with Crippen molar-refractivity contribution in [3.8, 4) is 0 Å². The van der Waals surface area contributed by atoms with E-state index < -0.39 is 6.43 Å². The number of nitrogens with zero attached hydrogens (tertiary/aromatic N) is 1. The van der Waals surface area contributed by atoms with Crippen molar-refractivity contribution in [2.45, 2.75) is 20.0 Å². The van der Waals surface area contributed by atoms with E-state index in [1.165, 1.54) is 6.20 Å². The normalized spacial score (nSPS) is 10.9. The molecule has 1 N–H and O–H groups in total. The number of pyridine rings is 1. The Bertz CT molecular complexity index is 317. The predicted octanol–water partition coefficient (Wildman–Crippen LogP) is 2.42. The second kappa shape index (κ2) is 4.28. The van der Waals surface area contributed by atoms with Gasteiger partial charge in [-0.05, 0) is 35.1 Å². The number of rotatable bonds is 2. The summed E-state index contributed by atoms with van der Waals surface area (Å²) in [5, 5.41) is 8.81. The summed E-state index contributed by atoms with van der Waals surface area (Å²) in [7, 11) is 0. The van der Waals surface area contributed by atoms with Crippen LogP contribution in [0.2, 0.25) is 0 Å². The Balaban J connectivity index is 3.30. The molecule has 5 heteroatoms. The molecule has 0 saturated heterocycles. The third-order valence-electron chi connectivity index (χ3n) is 1.80. The van der Waals surface area contributed by atoms with Gasteiger partial charge in [-0.3, -0.25) is 4.98 Å². The zero-order valence-electron chi connectivity index (χ0n) is 6.89. The summed E-state index contributed by atoms with van der Waals surface area (Å²) in [6.45, 7) is 1.24. The quantitative estimate of drug-likeness (QED) is 0.851. The molecule has 0 radical (unpaired) electrons. The fourth-order valence-corrected chi connectivity index (χ4v) is 1.84. The van der Waals surface area contributed by atoms with Crippen LogP contribution in [0.5, 0.6) is 0 Å². The fourth-order valence-electron chi connectivity index (χ4n) is 1.06. The number of hydrogen-bond donors (Lipinski definition) is 1. The van der Waals surface area contributed by atoms with Crippen molar-refractivity contribution in [3.05, 3.63) is 26.6 Å². The Morgan fingerprint density at radius 1 is 1.62 bits per heavy atom. The Morgan fingerprint density at radius 3 is 2.69 bits per heavy atom. The van der Waals surface area contributed by atoms with Crippen LogP contribution in [0.1, 0.15) is 23.2 Å². The molecule has 0 atom stereocenters. The first-order valence-electron chi connectivity index (χ1n) is 3.60. The molecule has 1 rings (SSSR count). The third kappa shape index (κ3) is 2.14. The summed E-state index contributed by atoms with van der Waals surface area (Å²) in [6, 6.07) is 0. The second-order valence-electron chi connectivity index (χ2n) is 2.55. The molecule has 0 aliphatic carbocycles. The maximum absolute atomic E-state index is 12.5. The molecular weight excluding hydrogens is 291 g/mol. The van der Waals surface area contributed by atoms with Gasteiger partial charge in [0, 0.05) is 15.3 Å². The third-order valence-corrected chi connectivity index (χ3v) is 2.66. The standard InChI is InChI=1S/C8H8F2INO/c1-4-6(3-13)12-2-5(11)7(4)8(9)10/h2,8,13H,3H2,1H3. The molecule has 0 aromatic carbocycles. The molecular formula is C8H8F2INO. The van der Waals surface area contributed by atoms with Gasteiger partial charge in [0.25, 0.3) is 6.43 Å². The monoisotopic (exact) mass is 299 g/mol. The molecule has 0 aliphatic heterocycles. The minimum absolute atomic E-state index is 0.0281. The van der Waals surface area contributed by atoms with E-state index in [1.807, 2.05) is 22.6 Å². The van der Waals surface area contributed by atoms with Gasteiger partial charge in [0.15, 0.2) is 0 Å². The van der Waals surface area contributed by atoms with E-state index >= 15 is 0 Å². The molecule has 0 bridgehead atoms. The number of aromatic nitrogens is 1. The van der Waals surface area contributed by atoms with Crippen LogP contribution in [0.15, 0.2) is 6.20 Å². The smallest absolute Gasteiger partial charge is 0.265 e. The highest BCUT2D eigenvalue weighted by atomic mass is 127. The van der Waals surface area contributed by atoms with Gasteiger partial charge in [0.05, 0.1) is 12.3 Å². The van der Waals surface area contributed by atoms with E-state index in [0.29, 0.717) is 14.8 Å². The first-order chi connectivity index (χ1) is 6.07. The predicted molar refractivity (Wildman–Crippen MR) is 52.6 cm³/mol. The molecule has 0 aliphatic rings. The van der Waals surface area contributed by atoms with Gasteiger partial charge in [0.1, 0.15) is 0 Å². The maximum atomic E-state index is 12.5. The Labute approximate surface area is 88.1 Å². The molecule has 72 valence electrons. The van der Waals surface area contributed by atoms with Crippen molar-refractivity contribution in [3.63, 3.8) is 0 Å². The van der Waals surface area contributed by atoms with Gasteiger partial charge >= 0.3 is 0 Å². The fraction of sp³-hybridized carbons (Fsp3) is 0.375. The second-order valence-corrected chi connectivity index (χ2v) is 3.71. The van der Waals surface area contributed by atoms with Crippen LogP contribution in [0, 0.1) is 10.5 Å². The van der Waals surface area contributed by atoms with Gasteiger partial charge in [-0.15, -0.1) is 0 Å². The first kappa shape index (κ1) is 10.8. The van der Waals surface area contributed by atoms with Crippen molar-refractivity contribution in [2.24, 2.45) is 0 Å². The van der Waals surface area contributed by atoms with E-state index in [9.17, 15) is 8.78 Å². The summed E-state index contributed by atoms with van der Waals surface area (Å²) in [6.07, 6.45) is -1.17. The van der Waals surface area contributed by atoms with E-state index in [-0.39, 0.29) is 12.2 Å². The van der Waals surface area contributed by atoms with Crippen LogP contribution in [0.25, 0.3) is 0 Å². The Kier molecular flexibility index (Phi) is 3.55. The highest BCUT2D eigenvalue weighted by Crippen LogP contribution is 2.28. The number of aliphatic hydroxyl groups excluding tert-OH is 1. The van der Waals surface area contributed by atoms with E-state index in [2.05, 4.69) is 4.98 Å². The van der Waals surface area contributed by atoms with Crippen LogP contribution in [-0.2, 0) is 6.61 Å². The molecule has 0 unspecified atom stereocenters. The maximum Gasteiger partial charge on any atom is 0.265 e. The lowest BCUT2D eigenvalue weighted by molar-refractivity contribution is 0.149. The molecule has 0 amide bonds. The van der Waals surface area contributed by atoms with Crippen LogP contribution >= 0.6 is 22.6 Å². The first-order valence-corrected chi connectivity index (χ1v) is 4.68. The lowest BCUT2D eigenvalue weighted by Gasteiger charge is -2.09. The molecule has 1 heterocycles. The van der Waals surface area contributed by atoms with Gasteiger partial charge in [0.2, 0.25) is 0 Å². The van der Waals surface area contributed by atoms with Crippen molar-refractivity contribution < 1.29 is 13.9 Å². The number of hydrogen-bond acceptors (Lipinski definition) is 2. The number of alkyl halides is 2. The molecule has 1 aromatic rings. The topological polar surface area (TPSA) is 33.1 Å². The summed E-state index contributed by atoms with van der Waals surface area (Å²) in [5.41, 5.74) is 0.666. The van der Waals surface area contributed by atoms with Crippen LogP contribution in [0.4, 0.5) is 8.78 Å². The van der Waals surface area contributed by atoms with Crippen molar-refractivity contribution in [1.29, 1.82) is 0 Å². The van der Waals surface area contributed by atoms with Crippen LogP contribution in [0.3, 0.4) is 0 Å². The highest BCUT2D eigenvalue weighted by Gasteiger charge is 2.17. The highest BCUT2D eigenvalue weighted by molar-refractivity contribution is 14.1. The van der Waals surface area contributed by atoms with Crippen LogP contribution < -0.4 is 0 Å². The van der Waals surface area contributed by atoms with Crippen molar-refractivity contribution in [2.75, 3.05) is 0 Å². The SMILES string of the molecule is Cc1c(CO)ncc(I)c1C(F)F. The molecule has 2 nitrogen and oxygen atoms in total. The van der Waals surface area contributed by atoms with Gasteiger partial charge < -0.3 is 5.11 Å². The molecule has 1 aromatic heterocycles. The van der Waals surface area contributed by atoms with E-state index in [4.69, 9.17) is 5.11 Å². The summed E-state index contributed by atoms with van der Waals surface area (Å²) in [5.74, 6) is 0. The summed E-state index contributed by atoms with van der Waals surface area (Å²) in [4.78, 5) is 3.85. The summed E-state index contributed by atoms with van der Waals surface area (Å²) >= 11 is 1.81. The molecule has 0 saturated carbocycles. The zero-order valence-corrected chi connectivity index (χ0v) is 9.05. The zero-order chi connectivity index (χ0) is 10.0. The molecule has 0 spiro atoms. The number of halogens is 3. The largest absolute Gasteiger partial charge is 0.390 e. The van der Waals surface area contributed by atoms with Crippen molar-refractivity contribution in [1.82, 2.24) is 4.98 Å². The molecule has 0 fully saturated rings. The average Bonchev–Trinajstić information content (AvgIpc) is 2.04. The molecule has 13 heavy (non-hydrogen) atoms. The lowest BCUT2D eigenvalue weighted by atomic mass is 10.1. The Hall–Kier alpha value is -0.300. The Morgan fingerprint density at radius 2 is 2.23 bits per heavy atom. The van der Waals surface area contributed by atoms with E-state index in [0.717, 1.165) is 0 Å². The van der Waals surface area contributed by atoms with Gasteiger partial charge in [-0.2, -0.15) is 0 Å². The van der Waals surface area contributed by atoms with Crippen molar-refractivity contribution >= 4 is 22.6 Å². The van der Waals surface area contributed by atoms with E-state index in [1.54, 1.807) is 6.92 Å².